The third kappa shape index (κ3) is 54.8. The number of carbonyl (C=O) groups is 8. The van der Waals surface area contributed by atoms with E-state index in [4.69, 9.17) is 86.1 Å². The van der Waals surface area contributed by atoms with E-state index in [1.165, 1.54) is 6.20 Å². The zero-order valence-electron chi connectivity index (χ0n) is 76.6. The number of halogens is 5. The van der Waals surface area contributed by atoms with Gasteiger partial charge in [-0.2, -0.15) is 13.9 Å². The molecule has 0 saturated carbocycles. The van der Waals surface area contributed by atoms with Crippen molar-refractivity contribution >= 4 is 47.3 Å². The highest BCUT2D eigenvalue weighted by Crippen LogP contribution is 2.30. The molecule has 50 heteroatoms. The molecule has 3 fully saturated rings. The number of aliphatic hydroxyl groups is 9. The minimum absolute atomic E-state index is 0.0233. The second-order valence-corrected chi connectivity index (χ2v) is 31.3. The Morgan fingerprint density at radius 3 is 0.941 bits per heavy atom. The van der Waals surface area contributed by atoms with Gasteiger partial charge in [-0.25, -0.2) is 18.7 Å². The maximum absolute atomic E-state index is 14.1. The van der Waals surface area contributed by atoms with Crippen LogP contribution in [0.4, 0.5) is 22.0 Å². The van der Waals surface area contributed by atoms with Crippen LogP contribution in [-0.2, 0) is 119 Å². The lowest BCUT2D eigenvalue weighted by molar-refractivity contribution is -0.257. The Morgan fingerprint density at radius 2 is 0.630 bits per heavy atom. The molecule has 4 rings (SSSR count). The van der Waals surface area contributed by atoms with Crippen LogP contribution in [0.2, 0.25) is 0 Å². The first kappa shape index (κ1) is 120. The van der Waals surface area contributed by atoms with E-state index in [-0.39, 0.29) is 252 Å². The minimum atomic E-state index is -2.38. The standard InChI is InChI=1S/C85H143F5N10O35/c86-76-77(87)79(89)84(80(90)78(76)88)135-72(114)18-32-118-34-36-120-38-40-122-42-44-124-46-47-125-45-43-123-41-39-121-37-35-119-33-25-92-51-58(100-91)13-14-71(113)99-85(55-126-29-15-68(110)96-22-7-19-93-65(107)10-1-4-26-129-73-48-59(104)81(115)62(52-101)132-73,56-127-30-16-69(111)97-23-8-20-94-66(108)11-2-5-27-130-74-49-60(105)82(116)63(53-102)133-74)57-128-31-17-70(112)98-24-9-21-95-67(109)12-3-6-28-131-75-50-61(106)83(117)64(54-103)134-75/h51,59-64,73-75,81-83,91-92,101-106,115-117H,1-50,52-57H2,(H,93,107)(H,94,108)(H,95,109)(H,96,110)(H,97,111)(H,98,112)(H,99,113)/b58-51-,100-91?/t59-,60-,61-,62-,63-,64-,73-,74-,75-,81-,82-,83-/m1/s1. The Hall–Kier alpha value is -7.27. The van der Waals surface area contributed by atoms with Gasteiger partial charge < -0.3 is 174 Å². The molecule has 12 atom stereocenters. The number of hydrogen-bond donors (Lipinski definition) is 18. The number of ether oxygens (including phenoxy) is 18. The van der Waals surface area contributed by atoms with Crippen LogP contribution in [0.1, 0.15) is 135 Å². The first-order valence-corrected chi connectivity index (χ1v) is 45.7. The maximum atomic E-state index is 14.1. The van der Waals surface area contributed by atoms with E-state index in [1.807, 2.05) is 0 Å². The van der Waals surface area contributed by atoms with Gasteiger partial charge in [-0.05, 0) is 57.8 Å². The lowest BCUT2D eigenvalue weighted by Crippen LogP contribution is -2.58. The van der Waals surface area contributed by atoms with Gasteiger partial charge in [0.25, 0.3) is 0 Å². The molecule has 0 aromatic heterocycles. The molecule has 45 nitrogen and oxygen atoms in total. The minimum Gasteiger partial charge on any atom is -0.420 e. The van der Waals surface area contributed by atoms with Crippen LogP contribution in [-0.4, -0.2) is 403 Å². The number of nitrogens with zero attached hydrogens (tertiary/aromatic N) is 1. The van der Waals surface area contributed by atoms with Crippen molar-refractivity contribution in [3.05, 3.63) is 41.0 Å². The first-order valence-electron chi connectivity index (χ1n) is 45.7. The molecule has 3 aliphatic heterocycles. The molecule has 3 heterocycles. The number of amides is 7. The summed E-state index contributed by atoms with van der Waals surface area (Å²) in [6.45, 7) is 2.81. The third-order valence-corrected chi connectivity index (χ3v) is 20.3. The number of aliphatic hydroxyl groups excluding tert-OH is 9. The van der Waals surface area contributed by atoms with Crippen molar-refractivity contribution < 1.29 is 192 Å². The average Bonchev–Trinajstić information content (AvgIpc) is 0.794. The molecule has 18 N–H and O–H groups in total. The van der Waals surface area contributed by atoms with Crippen molar-refractivity contribution in [1.29, 1.82) is 5.53 Å². The van der Waals surface area contributed by atoms with Crippen molar-refractivity contribution in [2.75, 3.05) is 231 Å². The van der Waals surface area contributed by atoms with Crippen LogP contribution in [0.25, 0.3) is 0 Å². The molecule has 778 valence electrons. The van der Waals surface area contributed by atoms with Crippen LogP contribution in [0.15, 0.2) is 17.0 Å². The fourth-order valence-corrected chi connectivity index (χ4v) is 12.7. The van der Waals surface area contributed by atoms with Crippen LogP contribution in [0, 0.1) is 34.6 Å². The van der Waals surface area contributed by atoms with Crippen molar-refractivity contribution in [1.82, 2.24) is 42.5 Å². The van der Waals surface area contributed by atoms with E-state index in [2.05, 4.69) is 52.4 Å². The van der Waals surface area contributed by atoms with Gasteiger partial charge in [-0.1, -0.05) is 0 Å². The molecule has 3 saturated heterocycles. The number of nitrogens with one attached hydrogen (secondary N) is 9. The van der Waals surface area contributed by atoms with E-state index >= 15 is 0 Å². The first-order chi connectivity index (χ1) is 65.2. The predicted octanol–water partition coefficient (Wildman–Crippen LogP) is -1.96. The van der Waals surface area contributed by atoms with Gasteiger partial charge in [-0.15, -0.1) is 0 Å². The van der Waals surface area contributed by atoms with Gasteiger partial charge in [0, 0.05) is 142 Å². The summed E-state index contributed by atoms with van der Waals surface area (Å²) in [5, 5.41) is 115. The number of rotatable bonds is 82. The molecule has 0 spiro atoms. The fourth-order valence-electron chi connectivity index (χ4n) is 12.7. The van der Waals surface area contributed by atoms with Gasteiger partial charge >= 0.3 is 5.97 Å². The molecule has 0 radical (unpaired) electrons. The monoisotopic (exact) mass is 1960 g/mol. The summed E-state index contributed by atoms with van der Waals surface area (Å²) in [6, 6.07) is 0. The van der Waals surface area contributed by atoms with Crippen molar-refractivity contribution in [2.24, 2.45) is 5.11 Å². The number of allylic oxidation sites excluding steroid dienone is 1. The number of unbranched alkanes of at least 4 members (excludes halogenated alkanes) is 3. The maximum Gasteiger partial charge on any atom is 0.313 e. The summed E-state index contributed by atoms with van der Waals surface area (Å²) in [4.78, 5) is 103. The Bertz CT molecular complexity index is 3250. The summed E-state index contributed by atoms with van der Waals surface area (Å²) in [5.41, 5.74) is 6.53. The summed E-state index contributed by atoms with van der Waals surface area (Å²) < 4.78 is 167. The fraction of sp³-hybridized carbons (Fsp3) is 0.812. The Kier molecular flexibility index (Phi) is 66.4. The molecule has 1 aromatic rings. The predicted molar refractivity (Wildman–Crippen MR) is 459 cm³/mol. The molecular formula is C85H143F5N10O35. The number of hydrogen-bond acceptors (Lipinski definition) is 38. The number of carbonyl (C=O) groups excluding carboxylic acids is 8. The molecule has 0 bridgehead atoms. The van der Waals surface area contributed by atoms with Crippen molar-refractivity contribution in [2.45, 2.75) is 214 Å². The van der Waals surface area contributed by atoms with Crippen LogP contribution in [0.3, 0.4) is 0 Å². The van der Waals surface area contributed by atoms with E-state index in [0.29, 0.717) is 111 Å². The zero-order valence-corrected chi connectivity index (χ0v) is 76.6. The second kappa shape index (κ2) is 74.7. The molecular weight excluding hydrogens is 1820 g/mol. The smallest absolute Gasteiger partial charge is 0.313 e. The summed E-state index contributed by atoms with van der Waals surface area (Å²) in [7, 11) is 0. The highest BCUT2D eigenvalue weighted by atomic mass is 19.2. The largest absolute Gasteiger partial charge is 0.420 e. The van der Waals surface area contributed by atoms with Crippen LogP contribution >= 0.6 is 0 Å². The van der Waals surface area contributed by atoms with Crippen molar-refractivity contribution in [3.63, 3.8) is 0 Å². The van der Waals surface area contributed by atoms with E-state index < -0.39 is 170 Å². The van der Waals surface area contributed by atoms with Gasteiger partial charge in [0.1, 0.15) is 42.2 Å². The van der Waals surface area contributed by atoms with Gasteiger partial charge in [0.15, 0.2) is 18.9 Å². The summed E-state index contributed by atoms with van der Waals surface area (Å²) in [6.07, 6.45) is -7.49. The van der Waals surface area contributed by atoms with Gasteiger partial charge in [-0.3, -0.25) is 38.4 Å². The van der Waals surface area contributed by atoms with Crippen LogP contribution in [0.5, 0.6) is 5.75 Å². The van der Waals surface area contributed by atoms with Gasteiger partial charge in [0.05, 0.1) is 196 Å². The SMILES string of the molecule is N=N/C(=C\NCCOCCOCCOCCOCCOCCOCCOCCOCCC(=O)Oc1c(F)c(F)c(F)c(F)c1F)CCC(=O)NC(COCCC(=O)NCCCNC(=O)CCCCO[C@H]1C[C@@H](O)[C@@H](O)[C@@H](CO)O1)(COCCC(=O)NCCCNC(=O)CCCCO[C@H]1C[C@@H](O)[C@@H](O)[C@@H](CO)O1)COCCC(=O)NCCCNC(=O)CCCCO[C@H]1C[C@@H](O)[C@@H](O)[C@@H](CO)O1. The summed E-state index contributed by atoms with van der Waals surface area (Å²) >= 11 is 0. The molecule has 0 aliphatic carbocycles. The number of benzene rings is 1. The Labute approximate surface area is 781 Å². The highest BCUT2D eigenvalue weighted by molar-refractivity contribution is 5.79. The molecule has 135 heavy (non-hydrogen) atoms. The molecule has 0 unspecified atom stereocenters. The van der Waals surface area contributed by atoms with E-state index in [0.717, 1.165) is 0 Å². The Morgan fingerprint density at radius 1 is 0.341 bits per heavy atom. The molecule has 7 amide bonds. The topological polar surface area (TPSA) is 617 Å². The van der Waals surface area contributed by atoms with Crippen LogP contribution < -0.4 is 47.3 Å². The van der Waals surface area contributed by atoms with E-state index in [9.17, 15) is 106 Å². The third-order valence-electron chi connectivity index (χ3n) is 20.3. The number of esters is 1. The van der Waals surface area contributed by atoms with Gasteiger partial charge in [0.2, 0.25) is 76.2 Å². The highest BCUT2D eigenvalue weighted by Gasteiger charge is 2.40. The molecule has 1 aromatic carbocycles. The molecule has 3 aliphatic rings. The average molecular weight is 1960 g/mol. The Balaban J connectivity index is 1.20. The van der Waals surface area contributed by atoms with E-state index in [1.54, 1.807) is 0 Å². The zero-order chi connectivity index (χ0) is 98.5. The van der Waals surface area contributed by atoms with Crippen molar-refractivity contribution in [3.8, 4) is 5.75 Å². The normalized spacial score (nSPS) is 20.3. The lowest BCUT2D eigenvalue weighted by atomic mass is 10.0. The summed E-state index contributed by atoms with van der Waals surface area (Å²) in [5.74, 6) is -16.8. The quantitative estimate of drug-likeness (QED) is 0.00641. The lowest BCUT2D eigenvalue weighted by Gasteiger charge is -2.36. The second-order valence-electron chi connectivity index (χ2n) is 31.3.